The zero-order valence-corrected chi connectivity index (χ0v) is 16.4. The minimum Gasteiger partial charge on any atom is -0.492 e. The standard InChI is InChI=1S/C21H26N4O2/c1-14-5-7-18(8-6-14)27-12-11-22-21(26)10-9-19-16(3)23-20-13-15(2)24-25(20)17(19)4/h5-8,13H,9-12H2,1-4H3,(H,22,26). The SMILES string of the molecule is Cc1ccc(OCCNC(=O)CCc2c(C)nc3cc(C)nn3c2C)cc1. The largest absolute Gasteiger partial charge is 0.492 e. The van der Waals surface area contributed by atoms with Gasteiger partial charge in [-0.15, -0.1) is 0 Å². The van der Waals surface area contributed by atoms with Crippen molar-refractivity contribution in [1.29, 1.82) is 0 Å². The van der Waals surface area contributed by atoms with E-state index in [9.17, 15) is 4.79 Å². The molecule has 0 bridgehead atoms. The van der Waals surface area contributed by atoms with E-state index in [1.54, 1.807) is 0 Å². The maximum absolute atomic E-state index is 12.2. The molecule has 0 aliphatic rings. The molecule has 0 saturated carbocycles. The van der Waals surface area contributed by atoms with Gasteiger partial charge in [0.25, 0.3) is 0 Å². The molecule has 6 nitrogen and oxygen atoms in total. The van der Waals surface area contributed by atoms with Crippen molar-refractivity contribution in [2.75, 3.05) is 13.2 Å². The lowest BCUT2D eigenvalue weighted by Crippen LogP contribution is -2.28. The van der Waals surface area contributed by atoms with Gasteiger partial charge in [-0.25, -0.2) is 9.50 Å². The highest BCUT2D eigenvalue weighted by atomic mass is 16.5. The Morgan fingerprint density at radius 3 is 2.63 bits per heavy atom. The average Bonchev–Trinajstić information content (AvgIpc) is 3.00. The second-order valence-electron chi connectivity index (χ2n) is 6.83. The number of aromatic nitrogens is 3. The third-order valence-electron chi connectivity index (χ3n) is 4.60. The second kappa shape index (κ2) is 8.20. The summed E-state index contributed by atoms with van der Waals surface area (Å²) in [7, 11) is 0. The van der Waals surface area contributed by atoms with Gasteiger partial charge in [0.05, 0.1) is 12.2 Å². The lowest BCUT2D eigenvalue weighted by Gasteiger charge is -2.11. The number of hydrogen-bond acceptors (Lipinski definition) is 4. The topological polar surface area (TPSA) is 68.5 Å². The Labute approximate surface area is 159 Å². The number of fused-ring (bicyclic) bond motifs is 1. The van der Waals surface area contributed by atoms with Gasteiger partial charge in [-0.05, 0) is 51.8 Å². The Morgan fingerprint density at radius 2 is 1.89 bits per heavy atom. The number of rotatable bonds is 7. The summed E-state index contributed by atoms with van der Waals surface area (Å²) < 4.78 is 7.48. The van der Waals surface area contributed by atoms with Crippen molar-refractivity contribution in [3.05, 3.63) is 58.5 Å². The summed E-state index contributed by atoms with van der Waals surface area (Å²) in [4.78, 5) is 16.8. The summed E-state index contributed by atoms with van der Waals surface area (Å²) in [6.07, 6.45) is 1.06. The molecule has 1 amide bonds. The van der Waals surface area contributed by atoms with Gasteiger partial charge in [-0.1, -0.05) is 17.7 Å². The first-order valence-corrected chi connectivity index (χ1v) is 9.22. The van der Waals surface area contributed by atoms with Gasteiger partial charge < -0.3 is 10.1 Å². The quantitative estimate of drug-likeness (QED) is 0.653. The molecule has 0 atom stereocenters. The van der Waals surface area contributed by atoms with E-state index in [2.05, 4.69) is 15.4 Å². The van der Waals surface area contributed by atoms with Crippen LogP contribution in [0.5, 0.6) is 5.75 Å². The first-order chi connectivity index (χ1) is 12.9. The van der Waals surface area contributed by atoms with E-state index in [0.29, 0.717) is 26.0 Å². The van der Waals surface area contributed by atoms with Gasteiger partial charge in [0.2, 0.25) is 5.91 Å². The number of carbonyl (C=O) groups excluding carboxylic acids is 1. The first kappa shape index (κ1) is 18.9. The molecule has 142 valence electrons. The molecule has 0 aliphatic heterocycles. The van der Waals surface area contributed by atoms with Crippen LogP contribution in [0.25, 0.3) is 5.65 Å². The van der Waals surface area contributed by atoms with E-state index < -0.39 is 0 Å². The summed E-state index contributed by atoms with van der Waals surface area (Å²) >= 11 is 0. The van der Waals surface area contributed by atoms with E-state index in [1.807, 2.05) is 62.5 Å². The molecule has 0 spiro atoms. The fourth-order valence-corrected chi connectivity index (χ4v) is 3.12. The number of hydrogen-bond donors (Lipinski definition) is 1. The van der Waals surface area contributed by atoms with Gasteiger partial charge >= 0.3 is 0 Å². The van der Waals surface area contributed by atoms with E-state index in [4.69, 9.17) is 4.74 Å². The summed E-state index contributed by atoms with van der Waals surface area (Å²) in [5.74, 6) is 0.827. The summed E-state index contributed by atoms with van der Waals surface area (Å²) in [6, 6.07) is 9.84. The van der Waals surface area contributed by atoms with Gasteiger partial charge in [0, 0.05) is 23.9 Å². The predicted molar refractivity (Wildman–Crippen MR) is 105 cm³/mol. The van der Waals surface area contributed by atoms with Crippen LogP contribution < -0.4 is 10.1 Å². The zero-order valence-electron chi connectivity index (χ0n) is 16.4. The smallest absolute Gasteiger partial charge is 0.220 e. The second-order valence-corrected chi connectivity index (χ2v) is 6.83. The highest BCUT2D eigenvalue weighted by Gasteiger charge is 2.12. The molecule has 2 heterocycles. The van der Waals surface area contributed by atoms with Crippen molar-refractivity contribution in [2.45, 2.75) is 40.5 Å². The molecule has 0 radical (unpaired) electrons. The molecule has 1 N–H and O–H groups in total. The van der Waals surface area contributed by atoms with Crippen LogP contribution in [0.4, 0.5) is 0 Å². The Bertz CT molecular complexity index is 945. The fraction of sp³-hybridized carbons (Fsp3) is 0.381. The zero-order chi connectivity index (χ0) is 19.4. The number of amides is 1. The highest BCUT2D eigenvalue weighted by Crippen LogP contribution is 2.17. The molecule has 6 heteroatoms. The minimum absolute atomic E-state index is 0.0121. The van der Waals surface area contributed by atoms with Crippen LogP contribution in [0, 0.1) is 27.7 Å². The number of nitrogens with zero attached hydrogens (tertiary/aromatic N) is 3. The minimum atomic E-state index is 0.0121. The molecular formula is C21H26N4O2. The third kappa shape index (κ3) is 4.64. The number of ether oxygens (including phenoxy) is 1. The van der Waals surface area contributed by atoms with E-state index >= 15 is 0 Å². The van der Waals surface area contributed by atoms with Crippen molar-refractivity contribution in [2.24, 2.45) is 0 Å². The van der Waals surface area contributed by atoms with Crippen molar-refractivity contribution in [1.82, 2.24) is 19.9 Å². The Hall–Kier alpha value is -2.89. The van der Waals surface area contributed by atoms with Gasteiger partial charge in [0.1, 0.15) is 12.4 Å². The van der Waals surface area contributed by atoms with Crippen LogP contribution in [0.3, 0.4) is 0 Å². The summed E-state index contributed by atoms with van der Waals surface area (Å²) in [5, 5.41) is 7.38. The third-order valence-corrected chi connectivity index (χ3v) is 4.60. The molecule has 1 aromatic carbocycles. The van der Waals surface area contributed by atoms with Gasteiger partial charge in [-0.2, -0.15) is 5.10 Å². The molecular weight excluding hydrogens is 340 g/mol. The molecule has 0 aliphatic carbocycles. The van der Waals surface area contributed by atoms with Crippen LogP contribution in [-0.4, -0.2) is 33.7 Å². The monoisotopic (exact) mass is 366 g/mol. The number of nitrogens with one attached hydrogen (secondary N) is 1. The van der Waals surface area contributed by atoms with Gasteiger partial charge in [0.15, 0.2) is 5.65 Å². The number of benzene rings is 1. The highest BCUT2D eigenvalue weighted by molar-refractivity contribution is 5.76. The maximum atomic E-state index is 12.2. The molecule has 3 rings (SSSR count). The van der Waals surface area contributed by atoms with Crippen LogP contribution in [0.2, 0.25) is 0 Å². The Morgan fingerprint density at radius 1 is 1.15 bits per heavy atom. The lowest BCUT2D eigenvalue weighted by molar-refractivity contribution is -0.121. The number of aryl methyl sites for hydroxylation is 4. The maximum Gasteiger partial charge on any atom is 0.220 e. The van der Waals surface area contributed by atoms with E-state index in [1.165, 1.54) is 5.56 Å². The van der Waals surface area contributed by atoms with Crippen molar-refractivity contribution in [3.8, 4) is 5.75 Å². The predicted octanol–water partition coefficient (Wildman–Crippen LogP) is 3.09. The Balaban J connectivity index is 1.49. The summed E-state index contributed by atoms with van der Waals surface area (Å²) in [6.45, 7) is 8.94. The lowest BCUT2D eigenvalue weighted by atomic mass is 10.1. The van der Waals surface area contributed by atoms with Crippen LogP contribution in [0.1, 0.15) is 34.6 Å². The fourth-order valence-electron chi connectivity index (χ4n) is 3.12. The molecule has 3 aromatic rings. The molecule has 0 fully saturated rings. The molecule has 0 saturated heterocycles. The molecule has 0 unspecified atom stereocenters. The normalized spacial score (nSPS) is 11.0. The molecule has 27 heavy (non-hydrogen) atoms. The van der Waals surface area contributed by atoms with E-state index in [-0.39, 0.29) is 5.91 Å². The molecule has 2 aromatic heterocycles. The summed E-state index contributed by atoms with van der Waals surface area (Å²) in [5.41, 5.74) is 6.06. The van der Waals surface area contributed by atoms with Gasteiger partial charge in [-0.3, -0.25) is 4.79 Å². The van der Waals surface area contributed by atoms with Crippen LogP contribution in [-0.2, 0) is 11.2 Å². The van der Waals surface area contributed by atoms with E-state index in [0.717, 1.165) is 34.0 Å². The van der Waals surface area contributed by atoms with Crippen LogP contribution in [0.15, 0.2) is 30.3 Å². The van der Waals surface area contributed by atoms with Crippen molar-refractivity contribution in [3.63, 3.8) is 0 Å². The van der Waals surface area contributed by atoms with Crippen LogP contribution >= 0.6 is 0 Å². The Kier molecular flexibility index (Phi) is 5.74. The van der Waals surface area contributed by atoms with Crippen molar-refractivity contribution >= 4 is 11.6 Å². The van der Waals surface area contributed by atoms with Crippen molar-refractivity contribution < 1.29 is 9.53 Å². The average molecular weight is 366 g/mol. The first-order valence-electron chi connectivity index (χ1n) is 9.22. The number of carbonyl (C=O) groups is 1.